The van der Waals surface area contributed by atoms with Crippen LogP contribution in [0.15, 0.2) is 28.2 Å². The molecule has 1 fully saturated rings. The Balaban J connectivity index is 2.10. The number of carbonyl (C=O) groups excluding carboxylic acids is 2. The number of ether oxygens (including phenoxy) is 1. The summed E-state index contributed by atoms with van der Waals surface area (Å²) in [6.07, 6.45) is 3.68. The molecular formula is C19H25N3O5S. The molecule has 1 amide bonds. The van der Waals surface area contributed by atoms with Gasteiger partial charge in [0.15, 0.2) is 0 Å². The van der Waals surface area contributed by atoms with Crippen LogP contribution in [0.5, 0.6) is 0 Å². The molecule has 1 aromatic carbocycles. The van der Waals surface area contributed by atoms with Gasteiger partial charge in [-0.25, -0.2) is 18.2 Å². The summed E-state index contributed by atoms with van der Waals surface area (Å²) in [4.78, 5) is 26.7. The number of methoxy groups -OCH3 is 1. The van der Waals surface area contributed by atoms with Gasteiger partial charge in [0.1, 0.15) is 6.04 Å². The smallest absolute Gasteiger partial charge is 0.330 e. The predicted octanol–water partition coefficient (Wildman–Crippen LogP) is 1.87. The highest BCUT2D eigenvalue weighted by Gasteiger charge is 2.41. The molecule has 2 aliphatic heterocycles. The van der Waals surface area contributed by atoms with Crippen LogP contribution in [-0.2, 0) is 24.2 Å². The molecule has 152 valence electrons. The summed E-state index contributed by atoms with van der Waals surface area (Å²) in [5.74, 6) is -1.19. The van der Waals surface area contributed by atoms with Crippen LogP contribution in [0.4, 0.5) is 5.69 Å². The third-order valence-corrected chi connectivity index (χ3v) is 6.78. The minimum atomic E-state index is -4.09. The second-order valence-electron chi connectivity index (χ2n) is 7.13. The molecule has 0 aromatic heterocycles. The van der Waals surface area contributed by atoms with Crippen LogP contribution in [0.25, 0.3) is 0 Å². The van der Waals surface area contributed by atoms with Gasteiger partial charge in [-0.15, -0.1) is 0 Å². The van der Waals surface area contributed by atoms with Crippen LogP contribution in [-0.4, -0.2) is 56.5 Å². The first-order chi connectivity index (χ1) is 13.3. The number of hydrogen-bond acceptors (Lipinski definition) is 7. The van der Waals surface area contributed by atoms with Gasteiger partial charge in [-0.05, 0) is 44.4 Å². The highest BCUT2D eigenvalue weighted by Crippen LogP contribution is 2.34. The van der Waals surface area contributed by atoms with Crippen molar-refractivity contribution in [1.82, 2.24) is 4.90 Å². The molecule has 0 radical (unpaired) electrons. The fourth-order valence-electron chi connectivity index (χ4n) is 3.48. The molecule has 0 aliphatic carbocycles. The fourth-order valence-corrected chi connectivity index (χ4v) is 4.91. The normalized spacial score (nSPS) is 19.9. The second-order valence-corrected chi connectivity index (χ2v) is 8.96. The van der Waals surface area contributed by atoms with E-state index in [2.05, 4.69) is 5.10 Å². The van der Waals surface area contributed by atoms with Gasteiger partial charge in [0.25, 0.3) is 5.91 Å². The van der Waals surface area contributed by atoms with Crippen molar-refractivity contribution in [3.05, 3.63) is 23.8 Å². The third kappa shape index (κ3) is 3.63. The number of fused-ring (bicyclic) bond motifs is 1. The maximum Gasteiger partial charge on any atom is 0.330 e. The lowest BCUT2D eigenvalue weighted by Gasteiger charge is -2.32. The van der Waals surface area contributed by atoms with Gasteiger partial charge in [0.05, 0.1) is 17.7 Å². The quantitative estimate of drug-likeness (QED) is 0.710. The number of esters is 1. The van der Waals surface area contributed by atoms with E-state index in [1.54, 1.807) is 24.0 Å². The number of likely N-dealkylation sites (tertiary alicyclic amines) is 1. The molecule has 9 heteroatoms. The van der Waals surface area contributed by atoms with Crippen molar-refractivity contribution in [3.63, 3.8) is 0 Å². The first-order valence-corrected chi connectivity index (χ1v) is 10.9. The number of hydrazone groups is 1. The molecule has 0 N–H and O–H groups in total. The summed E-state index contributed by atoms with van der Waals surface area (Å²) < 4.78 is 31.1. The maximum atomic E-state index is 13.2. The van der Waals surface area contributed by atoms with Crippen LogP contribution in [0.1, 0.15) is 38.2 Å². The lowest BCUT2D eigenvalue weighted by molar-refractivity contribution is -0.141. The predicted molar refractivity (Wildman–Crippen MR) is 105 cm³/mol. The van der Waals surface area contributed by atoms with Crippen molar-refractivity contribution in [2.45, 2.75) is 50.5 Å². The van der Waals surface area contributed by atoms with Crippen molar-refractivity contribution >= 4 is 32.4 Å². The van der Waals surface area contributed by atoms with Crippen molar-refractivity contribution in [2.75, 3.05) is 25.2 Å². The van der Waals surface area contributed by atoms with E-state index < -0.39 is 32.8 Å². The van der Waals surface area contributed by atoms with Gasteiger partial charge in [0.2, 0.25) is 14.9 Å². The number of carbonyl (C=O) groups is 2. The molecule has 1 aromatic rings. The first-order valence-electron chi connectivity index (χ1n) is 9.38. The standard InChI is InChI=1S/C19H25N3O5S/c1-13-8-9-16-15(12-13)22(14(2)19(24)27-3)20-17(28(16,25)26)18(23)21-10-6-4-5-7-11-21/h8-9,12,14H,4-7,10-11H2,1-3H3. The Hall–Kier alpha value is -2.42. The number of sulfone groups is 1. The molecule has 1 atom stereocenters. The van der Waals surface area contributed by atoms with Crippen LogP contribution >= 0.6 is 0 Å². The van der Waals surface area contributed by atoms with E-state index in [-0.39, 0.29) is 10.6 Å². The Labute approximate surface area is 165 Å². The Morgan fingerprint density at radius 1 is 1.14 bits per heavy atom. The van der Waals surface area contributed by atoms with Crippen LogP contribution in [0.2, 0.25) is 0 Å². The number of amides is 1. The number of benzene rings is 1. The number of hydrogen-bond donors (Lipinski definition) is 0. The third-order valence-electron chi connectivity index (χ3n) is 5.09. The van der Waals surface area contributed by atoms with E-state index in [0.717, 1.165) is 31.2 Å². The summed E-state index contributed by atoms with van der Waals surface area (Å²) in [7, 11) is -2.84. The van der Waals surface area contributed by atoms with E-state index in [4.69, 9.17) is 4.74 Å². The highest BCUT2D eigenvalue weighted by atomic mass is 32.2. The van der Waals surface area contributed by atoms with Crippen molar-refractivity contribution in [1.29, 1.82) is 0 Å². The summed E-state index contributed by atoms with van der Waals surface area (Å²) >= 11 is 0. The molecule has 1 unspecified atom stereocenters. The molecule has 2 heterocycles. The van der Waals surface area contributed by atoms with Crippen molar-refractivity contribution in [2.24, 2.45) is 5.10 Å². The zero-order valence-electron chi connectivity index (χ0n) is 16.3. The maximum absolute atomic E-state index is 13.2. The lowest BCUT2D eigenvalue weighted by atomic mass is 10.2. The summed E-state index contributed by atoms with van der Waals surface area (Å²) in [5.41, 5.74) is 1.08. The lowest BCUT2D eigenvalue weighted by Crippen LogP contribution is -2.46. The highest BCUT2D eigenvalue weighted by molar-refractivity contribution is 8.08. The monoisotopic (exact) mass is 407 g/mol. The van der Waals surface area contributed by atoms with E-state index in [1.165, 1.54) is 18.2 Å². The Morgan fingerprint density at radius 3 is 2.39 bits per heavy atom. The minimum Gasteiger partial charge on any atom is -0.467 e. The molecule has 1 saturated heterocycles. The molecular weight excluding hydrogens is 382 g/mol. The van der Waals surface area contributed by atoms with Gasteiger partial charge >= 0.3 is 5.97 Å². The molecule has 3 rings (SSSR count). The average molecular weight is 407 g/mol. The molecule has 8 nitrogen and oxygen atoms in total. The minimum absolute atomic E-state index is 0.0259. The van der Waals surface area contributed by atoms with Crippen LogP contribution < -0.4 is 5.01 Å². The fraction of sp³-hybridized carbons (Fsp3) is 0.526. The Morgan fingerprint density at radius 2 is 1.79 bits per heavy atom. The zero-order chi connectivity index (χ0) is 20.5. The zero-order valence-corrected chi connectivity index (χ0v) is 17.2. The molecule has 0 spiro atoms. The summed E-state index contributed by atoms with van der Waals surface area (Å²) in [6, 6.07) is 3.88. The van der Waals surface area contributed by atoms with Crippen LogP contribution in [0.3, 0.4) is 0 Å². The van der Waals surface area contributed by atoms with E-state index in [1.807, 2.05) is 6.92 Å². The molecule has 0 saturated carbocycles. The van der Waals surface area contributed by atoms with E-state index in [0.29, 0.717) is 13.1 Å². The average Bonchev–Trinajstić information content (AvgIpc) is 2.95. The number of rotatable bonds is 3. The van der Waals surface area contributed by atoms with E-state index in [9.17, 15) is 18.0 Å². The summed E-state index contributed by atoms with van der Waals surface area (Å²) in [5, 5.41) is 4.90. The van der Waals surface area contributed by atoms with Crippen molar-refractivity contribution < 1.29 is 22.7 Å². The summed E-state index contributed by atoms with van der Waals surface area (Å²) in [6.45, 7) is 4.38. The molecule has 28 heavy (non-hydrogen) atoms. The first kappa shape index (κ1) is 20.3. The van der Waals surface area contributed by atoms with Gasteiger partial charge in [-0.2, -0.15) is 5.10 Å². The number of anilines is 1. The van der Waals surface area contributed by atoms with Gasteiger partial charge in [0, 0.05) is 13.1 Å². The second kappa shape index (κ2) is 7.90. The SMILES string of the molecule is COC(=O)C(C)N1N=C(C(=O)N2CCCCCC2)S(=O)(=O)c2ccc(C)cc21. The molecule has 0 bridgehead atoms. The van der Waals surface area contributed by atoms with Gasteiger partial charge in [-0.1, -0.05) is 18.9 Å². The van der Waals surface area contributed by atoms with Crippen molar-refractivity contribution in [3.8, 4) is 0 Å². The topological polar surface area (TPSA) is 96.3 Å². The largest absolute Gasteiger partial charge is 0.467 e. The number of nitrogens with zero attached hydrogens (tertiary/aromatic N) is 3. The number of aryl methyl sites for hydroxylation is 1. The van der Waals surface area contributed by atoms with Gasteiger partial charge in [-0.3, -0.25) is 4.79 Å². The Kier molecular flexibility index (Phi) is 5.74. The van der Waals surface area contributed by atoms with Gasteiger partial charge < -0.3 is 9.64 Å². The van der Waals surface area contributed by atoms with E-state index >= 15 is 0 Å². The molecule has 2 aliphatic rings. The Bertz CT molecular complexity index is 917. The van der Waals surface area contributed by atoms with Crippen LogP contribution in [0, 0.1) is 6.92 Å².